The van der Waals surface area contributed by atoms with Crippen molar-refractivity contribution in [2.24, 2.45) is 4.99 Å². The van der Waals surface area contributed by atoms with Crippen LogP contribution < -0.4 is 0 Å². The van der Waals surface area contributed by atoms with Crippen LogP contribution in [0.5, 0.6) is 0 Å². The van der Waals surface area contributed by atoms with Crippen LogP contribution in [0.2, 0.25) is 0 Å². The Labute approximate surface area is 181 Å². The fourth-order valence-electron chi connectivity index (χ4n) is 3.94. The standard InChI is InChI=1S/C24H15N4.Ir/c1-4-12-20-16(8-1)17-9-2-5-13-21(17)27-24(26-20)28-22-14-6-3-10-18(22)19-11-7-15-25-23(19)28;/h1-15H;/q-1;. The molecule has 29 heavy (non-hydrogen) atoms. The Morgan fingerprint density at radius 1 is 0.690 bits per heavy atom. The molecule has 5 heteroatoms. The van der Waals surface area contributed by atoms with Gasteiger partial charge in [-0.25, -0.2) is 0 Å². The molecule has 3 aromatic carbocycles. The predicted molar refractivity (Wildman–Crippen MR) is 115 cm³/mol. The van der Waals surface area contributed by atoms with Crippen LogP contribution in [-0.2, 0) is 20.1 Å². The molecule has 0 N–H and O–H groups in total. The summed E-state index contributed by atoms with van der Waals surface area (Å²) in [6.07, 6.45) is 1.82. The summed E-state index contributed by atoms with van der Waals surface area (Å²) in [4.78, 5) is 9.63. The number of rotatable bonds is 0. The molecule has 0 saturated heterocycles. The minimum absolute atomic E-state index is 0. The number of benzene rings is 3. The Hall–Kier alpha value is -3.27. The monoisotopic (exact) mass is 552 g/mol. The van der Waals surface area contributed by atoms with Gasteiger partial charge in [0.15, 0.2) is 0 Å². The number of fused-ring (bicyclic) bond motifs is 6. The van der Waals surface area contributed by atoms with Gasteiger partial charge in [-0.1, -0.05) is 78.9 Å². The van der Waals surface area contributed by atoms with E-state index in [9.17, 15) is 0 Å². The Balaban J connectivity index is 0.00000181. The Morgan fingerprint density at radius 2 is 1.41 bits per heavy atom. The zero-order chi connectivity index (χ0) is 18.5. The van der Waals surface area contributed by atoms with Crippen LogP contribution in [-0.4, -0.2) is 15.5 Å². The maximum atomic E-state index is 4.97. The second kappa shape index (κ2) is 6.96. The molecule has 141 valence electrons. The normalized spacial score (nSPS) is 12.3. The molecule has 6 rings (SSSR count). The average molecular weight is 552 g/mol. The Bertz CT molecular complexity index is 1350. The van der Waals surface area contributed by atoms with Gasteiger partial charge in [-0.3, -0.25) is 4.98 Å². The van der Waals surface area contributed by atoms with Crippen molar-refractivity contribution in [3.8, 4) is 11.1 Å². The first-order valence-electron chi connectivity index (χ1n) is 9.23. The van der Waals surface area contributed by atoms with E-state index < -0.39 is 0 Å². The molecule has 0 aliphatic carbocycles. The van der Waals surface area contributed by atoms with Crippen molar-refractivity contribution in [3.05, 3.63) is 96.4 Å². The van der Waals surface area contributed by atoms with Gasteiger partial charge >= 0.3 is 0 Å². The van der Waals surface area contributed by atoms with Crippen molar-refractivity contribution in [2.75, 3.05) is 0 Å². The number of hydrogen-bond donors (Lipinski definition) is 0. The maximum Gasteiger partial charge on any atom is 0.0901 e. The van der Waals surface area contributed by atoms with Crippen LogP contribution in [0.3, 0.4) is 0 Å². The minimum Gasteiger partial charge on any atom is -0.358 e. The van der Waals surface area contributed by atoms with E-state index in [1.807, 2.05) is 54.7 Å². The van der Waals surface area contributed by atoms with E-state index >= 15 is 0 Å². The van der Waals surface area contributed by atoms with Gasteiger partial charge in [0, 0.05) is 49.0 Å². The average Bonchev–Trinajstić information content (AvgIpc) is 2.99. The fraction of sp³-hybridized carbons (Fsp3) is 0. The molecular weight excluding hydrogens is 537 g/mol. The molecule has 3 heterocycles. The summed E-state index contributed by atoms with van der Waals surface area (Å²) >= 11 is 0. The molecule has 0 amide bonds. The molecule has 5 aromatic rings. The van der Waals surface area contributed by atoms with Crippen LogP contribution in [0.25, 0.3) is 38.4 Å². The molecule has 1 aliphatic rings. The molecule has 0 spiro atoms. The third kappa shape index (κ3) is 2.70. The van der Waals surface area contributed by atoms with E-state index in [0.29, 0.717) is 5.96 Å². The van der Waals surface area contributed by atoms with Crippen LogP contribution >= 0.6 is 0 Å². The minimum atomic E-state index is 0. The number of para-hydroxylation sites is 3. The Morgan fingerprint density at radius 3 is 2.34 bits per heavy atom. The van der Waals surface area contributed by atoms with Gasteiger partial charge in [-0.05, 0) is 28.1 Å². The summed E-state index contributed by atoms with van der Waals surface area (Å²) < 4.78 is 2.06. The van der Waals surface area contributed by atoms with Gasteiger partial charge in [-0.2, -0.15) is 0 Å². The van der Waals surface area contributed by atoms with Gasteiger partial charge in [0.25, 0.3) is 0 Å². The van der Waals surface area contributed by atoms with Crippen molar-refractivity contribution >= 4 is 39.3 Å². The molecule has 2 aromatic heterocycles. The molecule has 0 bridgehead atoms. The second-order valence-electron chi connectivity index (χ2n) is 6.79. The van der Waals surface area contributed by atoms with Gasteiger partial charge in [0.2, 0.25) is 0 Å². The third-order valence-electron chi connectivity index (χ3n) is 5.17. The van der Waals surface area contributed by atoms with Crippen molar-refractivity contribution in [3.63, 3.8) is 0 Å². The summed E-state index contributed by atoms with van der Waals surface area (Å²) in [6.45, 7) is 0. The molecule has 0 atom stereocenters. The second-order valence-corrected chi connectivity index (χ2v) is 6.79. The zero-order valence-electron chi connectivity index (χ0n) is 15.3. The van der Waals surface area contributed by atoms with Crippen LogP contribution in [0.15, 0.2) is 96.1 Å². The van der Waals surface area contributed by atoms with E-state index in [2.05, 4.69) is 45.9 Å². The SMILES string of the molecule is [Ir].c1ccc2c(c1)N=C(n1c3ccccc3c3cccnc31)[N-]c1ccccc1-2. The van der Waals surface area contributed by atoms with Crippen molar-refractivity contribution < 1.29 is 20.1 Å². The smallest absolute Gasteiger partial charge is 0.0901 e. The van der Waals surface area contributed by atoms with Crippen molar-refractivity contribution in [1.82, 2.24) is 9.55 Å². The number of nitrogens with zero attached hydrogens (tertiary/aromatic N) is 4. The van der Waals surface area contributed by atoms with E-state index in [0.717, 1.165) is 44.4 Å². The summed E-state index contributed by atoms with van der Waals surface area (Å²) in [5.41, 5.74) is 5.91. The summed E-state index contributed by atoms with van der Waals surface area (Å²) in [5.74, 6) is 0.627. The zero-order valence-corrected chi connectivity index (χ0v) is 17.7. The van der Waals surface area contributed by atoms with Gasteiger partial charge in [0.05, 0.1) is 5.65 Å². The molecule has 0 unspecified atom stereocenters. The number of pyridine rings is 1. The molecular formula is C24H15IrN4-. The first-order chi connectivity index (χ1) is 13.9. The molecule has 1 radical (unpaired) electrons. The van der Waals surface area contributed by atoms with Gasteiger partial charge in [0.1, 0.15) is 0 Å². The summed E-state index contributed by atoms with van der Waals surface area (Å²) in [7, 11) is 0. The maximum absolute atomic E-state index is 4.97. The molecule has 0 fully saturated rings. The van der Waals surface area contributed by atoms with E-state index in [1.54, 1.807) is 0 Å². The summed E-state index contributed by atoms with van der Waals surface area (Å²) in [6, 6.07) is 28.7. The number of hydrogen-bond acceptors (Lipinski definition) is 2. The Kier molecular flexibility index (Phi) is 4.27. The van der Waals surface area contributed by atoms with E-state index in [-0.39, 0.29) is 20.1 Å². The van der Waals surface area contributed by atoms with Crippen molar-refractivity contribution in [2.45, 2.75) is 0 Å². The quantitative estimate of drug-likeness (QED) is 0.219. The topological polar surface area (TPSA) is 44.3 Å². The third-order valence-corrected chi connectivity index (χ3v) is 5.17. The van der Waals surface area contributed by atoms with E-state index in [4.69, 9.17) is 10.3 Å². The van der Waals surface area contributed by atoms with Crippen molar-refractivity contribution in [1.29, 1.82) is 0 Å². The molecule has 4 nitrogen and oxygen atoms in total. The number of aliphatic imine (C=N–C) groups is 1. The van der Waals surface area contributed by atoms with Gasteiger partial charge in [-0.15, -0.1) is 0 Å². The molecule has 0 saturated carbocycles. The van der Waals surface area contributed by atoms with Crippen LogP contribution in [0, 0.1) is 0 Å². The molecule has 1 aliphatic heterocycles. The largest absolute Gasteiger partial charge is 0.358 e. The van der Waals surface area contributed by atoms with Gasteiger partial charge < -0.3 is 14.9 Å². The van der Waals surface area contributed by atoms with E-state index in [1.165, 1.54) is 0 Å². The van der Waals surface area contributed by atoms with Crippen LogP contribution in [0.1, 0.15) is 0 Å². The summed E-state index contributed by atoms with van der Waals surface area (Å²) in [5, 5.41) is 7.22. The fourth-order valence-corrected chi connectivity index (χ4v) is 3.94. The number of aromatic nitrogens is 2. The first-order valence-corrected chi connectivity index (χ1v) is 9.23. The first kappa shape index (κ1) is 17.8. The van der Waals surface area contributed by atoms with Crippen LogP contribution in [0.4, 0.5) is 11.4 Å². The predicted octanol–water partition coefficient (Wildman–Crippen LogP) is 6.41.